The van der Waals surface area contributed by atoms with E-state index in [1.54, 1.807) is 6.92 Å². The van der Waals surface area contributed by atoms with Crippen molar-refractivity contribution in [3.05, 3.63) is 0 Å². The molecule has 0 saturated heterocycles. The second kappa shape index (κ2) is 8.47. The predicted molar refractivity (Wildman–Crippen MR) is 70.6 cm³/mol. The van der Waals surface area contributed by atoms with Crippen LogP contribution in [0.1, 0.15) is 27.7 Å². The minimum Gasteiger partial charge on any atom is -0.480 e. The molecule has 0 spiro atoms. The van der Waals surface area contributed by atoms with Gasteiger partial charge in [0.25, 0.3) is 0 Å². The van der Waals surface area contributed by atoms with Crippen molar-refractivity contribution >= 4 is 17.8 Å². The fraction of sp³-hybridized carbons (Fsp3) is 0.750. The van der Waals surface area contributed by atoms with Crippen molar-refractivity contribution in [2.45, 2.75) is 39.8 Å². The van der Waals surface area contributed by atoms with Crippen molar-refractivity contribution in [3.8, 4) is 0 Å². The Morgan fingerprint density at radius 3 is 2.11 bits per heavy atom. The van der Waals surface area contributed by atoms with E-state index in [0.717, 1.165) is 0 Å². The lowest BCUT2D eigenvalue weighted by Gasteiger charge is -2.18. The standard InChI is InChI=1S/C12H23N3O4/c1-7(2)5-14-11(17)8(3)13-6-10(12(18)19)15-9(4)16/h7-8,10,13H,5-6H2,1-4H3,(H,14,17)(H,15,16)(H,18,19). The smallest absolute Gasteiger partial charge is 0.327 e. The molecule has 0 radical (unpaired) electrons. The predicted octanol–water partition coefficient (Wildman–Crippen LogP) is -0.674. The summed E-state index contributed by atoms with van der Waals surface area (Å²) >= 11 is 0. The number of rotatable bonds is 8. The van der Waals surface area contributed by atoms with Crippen LogP contribution in [-0.4, -0.2) is 48.1 Å². The molecule has 0 aromatic rings. The Bertz CT molecular complexity index is 331. The SMILES string of the molecule is CC(=O)NC(CNC(C)C(=O)NCC(C)C)C(=O)O. The summed E-state index contributed by atoms with van der Waals surface area (Å²) < 4.78 is 0. The van der Waals surface area contributed by atoms with E-state index in [-0.39, 0.29) is 12.5 Å². The summed E-state index contributed by atoms with van der Waals surface area (Å²) in [5, 5.41) is 16.7. The third-order valence-electron chi connectivity index (χ3n) is 2.38. The zero-order chi connectivity index (χ0) is 15.0. The Hall–Kier alpha value is -1.63. The monoisotopic (exact) mass is 273 g/mol. The van der Waals surface area contributed by atoms with Crippen molar-refractivity contribution in [3.63, 3.8) is 0 Å². The van der Waals surface area contributed by atoms with Gasteiger partial charge in [-0.3, -0.25) is 9.59 Å². The molecule has 0 saturated carbocycles. The molecule has 19 heavy (non-hydrogen) atoms. The number of hydrogen-bond donors (Lipinski definition) is 4. The number of carboxylic acid groups (broad SMARTS) is 1. The lowest BCUT2D eigenvalue weighted by Crippen LogP contribution is -2.51. The average molecular weight is 273 g/mol. The van der Waals surface area contributed by atoms with E-state index in [1.165, 1.54) is 6.92 Å². The lowest BCUT2D eigenvalue weighted by molar-refractivity contribution is -0.141. The maximum absolute atomic E-state index is 11.6. The van der Waals surface area contributed by atoms with Crippen molar-refractivity contribution < 1.29 is 19.5 Å². The molecule has 2 amide bonds. The summed E-state index contributed by atoms with van der Waals surface area (Å²) in [4.78, 5) is 33.4. The molecule has 0 fully saturated rings. The molecule has 0 aromatic heterocycles. The zero-order valence-electron chi connectivity index (χ0n) is 11.8. The Morgan fingerprint density at radius 1 is 1.11 bits per heavy atom. The van der Waals surface area contributed by atoms with Gasteiger partial charge in [-0.2, -0.15) is 0 Å². The largest absolute Gasteiger partial charge is 0.480 e. The van der Waals surface area contributed by atoms with Gasteiger partial charge in [0, 0.05) is 20.0 Å². The third-order valence-corrected chi connectivity index (χ3v) is 2.38. The first-order chi connectivity index (χ1) is 8.73. The van der Waals surface area contributed by atoms with E-state index in [1.807, 2.05) is 13.8 Å². The first-order valence-corrected chi connectivity index (χ1v) is 6.25. The van der Waals surface area contributed by atoms with E-state index >= 15 is 0 Å². The normalized spacial score (nSPS) is 13.7. The van der Waals surface area contributed by atoms with Crippen LogP contribution in [0.3, 0.4) is 0 Å². The van der Waals surface area contributed by atoms with Gasteiger partial charge in [-0.05, 0) is 12.8 Å². The second-order valence-electron chi connectivity index (χ2n) is 4.86. The Balaban J connectivity index is 4.16. The molecule has 7 nitrogen and oxygen atoms in total. The minimum absolute atomic E-state index is 0.00875. The van der Waals surface area contributed by atoms with Crippen molar-refractivity contribution in [1.82, 2.24) is 16.0 Å². The van der Waals surface area contributed by atoms with Crippen molar-refractivity contribution in [2.75, 3.05) is 13.1 Å². The average Bonchev–Trinajstić information content (AvgIpc) is 2.29. The van der Waals surface area contributed by atoms with Gasteiger partial charge in [-0.25, -0.2) is 4.79 Å². The summed E-state index contributed by atoms with van der Waals surface area (Å²) in [7, 11) is 0. The second-order valence-corrected chi connectivity index (χ2v) is 4.86. The van der Waals surface area contributed by atoms with E-state index < -0.39 is 24.0 Å². The number of carbonyl (C=O) groups excluding carboxylic acids is 2. The van der Waals surface area contributed by atoms with Crippen LogP contribution in [0.25, 0.3) is 0 Å². The van der Waals surface area contributed by atoms with Gasteiger partial charge < -0.3 is 21.1 Å². The molecule has 0 aliphatic heterocycles. The van der Waals surface area contributed by atoms with Gasteiger partial charge >= 0.3 is 5.97 Å². The quantitative estimate of drug-likeness (QED) is 0.469. The van der Waals surface area contributed by atoms with Crippen molar-refractivity contribution in [1.29, 1.82) is 0 Å². The molecule has 0 aliphatic rings. The summed E-state index contributed by atoms with van der Waals surface area (Å²) in [6.45, 7) is 7.41. The number of amides is 2. The molecule has 0 heterocycles. The fourth-order valence-corrected chi connectivity index (χ4v) is 1.29. The summed E-state index contributed by atoms with van der Waals surface area (Å²) in [5.41, 5.74) is 0. The Labute approximate surface area is 113 Å². The molecule has 0 bridgehead atoms. The van der Waals surface area contributed by atoms with Crippen LogP contribution in [0.15, 0.2) is 0 Å². The number of carboxylic acids is 1. The molecular formula is C12H23N3O4. The van der Waals surface area contributed by atoms with Crippen LogP contribution in [-0.2, 0) is 14.4 Å². The summed E-state index contributed by atoms with van der Waals surface area (Å²) in [5.74, 6) is -1.41. The first-order valence-electron chi connectivity index (χ1n) is 6.25. The van der Waals surface area contributed by atoms with Crippen LogP contribution in [0.5, 0.6) is 0 Å². The van der Waals surface area contributed by atoms with Crippen LogP contribution < -0.4 is 16.0 Å². The molecule has 7 heteroatoms. The molecule has 2 unspecified atom stereocenters. The fourth-order valence-electron chi connectivity index (χ4n) is 1.29. The van der Waals surface area contributed by atoms with E-state index in [9.17, 15) is 14.4 Å². The molecule has 4 N–H and O–H groups in total. The van der Waals surface area contributed by atoms with E-state index in [2.05, 4.69) is 16.0 Å². The third kappa shape index (κ3) is 8.15. The van der Waals surface area contributed by atoms with Crippen LogP contribution in [0.2, 0.25) is 0 Å². The van der Waals surface area contributed by atoms with Gasteiger partial charge in [0.1, 0.15) is 6.04 Å². The maximum Gasteiger partial charge on any atom is 0.327 e. The van der Waals surface area contributed by atoms with E-state index in [0.29, 0.717) is 12.5 Å². The Morgan fingerprint density at radius 2 is 1.68 bits per heavy atom. The molecule has 0 rings (SSSR count). The lowest BCUT2D eigenvalue weighted by atomic mass is 10.2. The van der Waals surface area contributed by atoms with Gasteiger partial charge in [0.05, 0.1) is 6.04 Å². The maximum atomic E-state index is 11.6. The van der Waals surface area contributed by atoms with Crippen molar-refractivity contribution in [2.24, 2.45) is 5.92 Å². The van der Waals surface area contributed by atoms with Gasteiger partial charge in [0.2, 0.25) is 11.8 Å². The number of aliphatic carboxylic acids is 1. The molecule has 0 aliphatic carbocycles. The highest BCUT2D eigenvalue weighted by Crippen LogP contribution is 1.90. The Kier molecular flexibility index (Phi) is 7.74. The molecule has 0 aromatic carbocycles. The highest BCUT2D eigenvalue weighted by Gasteiger charge is 2.20. The highest BCUT2D eigenvalue weighted by molar-refractivity contribution is 5.83. The van der Waals surface area contributed by atoms with Gasteiger partial charge in [-0.15, -0.1) is 0 Å². The number of hydrogen-bond acceptors (Lipinski definition) is 4. The minimum atomic E-state index is -1.14. The van der Waals surface area contributed by atoms with Gasteiger partial charge in [0.15, 0.2) is 0 Å². The van der Waals surface area contributed by atoms with Crippen LogP contribution in [0.4, 0.5) is 0 Å². The molecule has 2 atom stereocenters. The van der Waals surface area contributed by atoms with Crippen LogP contribution >= 0.6 is 0 Å². The molecule has 110 valence electrons. The topological polar surface area (TPSA) is 108 Å². The first kappa shape index (κ1) is 17.4. The number of nitrogens with one attached hydrogen (secondary N) is 3. The zero-order valence-corrected chi connectivity index (χ0v) is 11.8. The van der Waals surface area contributed by atoms with E-state index in [4.69, 9.17) is 5.11 Å². The van der Waals surface area contributed by atoms with Crippen LogP contribution in [0, 0.1) is 5.92 Å². The summed E-state index contributed by atoms with van der Waals surface area (Å²) in [6.07, 6.45) is 0. The number of carbonyl (C=O) groups is 3. The summed E-state index contributed by atoms with van der Waals surface area (Å²) in [6, 6.07) is -1.56. The molecular weight excluding hydrogens is 250 g/mol. The highest BCUT2D eigenvalue weighted by atomic mass is 16.4. The van der Waals surface area contributed by atoms with Gasteiger partial charge in [-0.1, -0.05) is 13.8 Å².